The van der Waals surface area contributed by atoms with Gasteiger partial charge in [0.1, 0.15) is 5.75 Å². The molecule has 0 aliphatic heterocycles. The van der Waals surface area contributed by atoms with Crippen molar-refractivity contribution in [2.24, 2.45) is 20.5 Å². The van der Waals surface area contributed by atoms with Crippen molar-refractivity contribution in [3.63, 3.8) is 0 Å². The molecule has 8 nitrogen and oxygen atoms in total. The highest BCUT2D eigenvalue weighted by molar-refractivity contribution is 5.53. The Hall–Kier alpha value is -4.09. The van der Waals surface area contributed by atoms with E-state index in [9.17, 15) is 5.11 Å². The van der Waals surface area contributed by atoms with Gasteiger partial charge in [-0.1, -0.05) is 0 Å². The second-order valence-corrected chi connectivity index (χ2v) is 6.75. The lowest BCUT2D eigenvalue weighted by Gasteiger charge is -2.22. The molecule has 0 radical (unpaired) electrons. The fraction of sp³-hybridized carbons (Fsp3) is 0.208. The van der Waals surface area contributed by atoms with E-state index in [1.54, 1.807) is 7.11 Å². The van der Waals surface area contributed by atoms with E-state index in [-0.39, 0.29) is 6.61 Å². The van der Waals surface area contributed by atoms with Crippen LogP contribution in [0, 0.1) is 11.3 Å². The second-order valence-electron chi connectivity index (χ2n) is 6.75. The molecule has 0 unspecified atom stereocenters. The van der Waals surface area contributed by atoms with Crippen molar-refractivity contribution < 1.29 is 9.84 Å². The fourth-order valence-corrected chi connectivity index (χ4v) is 2.87. The maximum atomic E-state index is 9.22. The van der Waals surface area contributed by atoms with Gasteiger partial charge in [-0.25, -0.2) is 0 Å². The van der Waals surface area contributed by atoms with Crippen LogP contribution >= 0.6 is 0 Å². The van der Waals surface area contributed by atoms with E-state index in [0.717, 1.165) is 17.1 Å². The van der Waals surface area contributed by atoms with Crippen LogP contribution in [0.2, 0.25) is 0 Å². The van der Waals surface area contributed by atoms with Gasteiger partial charge in [0, 0.05) is 18.8 Å². The molecule has 3 rings (SSSR count). The summed E-state index contributed by atoms with van der Waals surface area (Å²) in [6.07, 6.45) is 0.400. The van der Waals surface area contributed by atoms with Crippen LogP contribution in [0.5, 0.6) is 5.75 Å². The Bertz CT molecular complexity index is 1070. The Kier molecular flexibility index (Phi) is 8.42. The number of ether oxygens (including phenoxy) is 1. The minimum atomic E-state index is 0.0303. The van der Waals surface area contributed by atoms with E-state index in [1.807, 2.05) is 77.7 Å². The predicted octanol–water partition coefficient (Wildman–Crippen LogP) is 6.24. The van der Waals surface area contributed by atoms with E-state index in [4.69, 9.17) is 10.00 Å². The molecule has 0 saturated heterocycles. The van der Waals surface area contributed by atoms with E-state index in [1.165, 1.54) is 0 Å². The quantitative estimate of drug-likeness (QED) is 0.386. The number of methoxy groups -OCH3 is 1. The molecule has 0 atom stereocenters. The van der Waals surface area contributed by atoms with Gasteiger partial charge in [-0.15, -0.1) is 0 Å². The van der Waals surface area contributed by atoms with Crippen molar-refractivity contribution >= 4 is 28.4 Å². The van der Waals surface area contributed by atoms with Gasteiger partial charge in [-0.2, -0.15) is 25.7 Å². The number of nitrogens with zero attached hydrogens (tertiary/aromatic N) is 6. The van der Waals surface area contributed by atoms with Gasteiger partial charge in [0.15, 0.2) is 0 Å². The summed E-state index contributed by atoms with van der Waals surface area (Å²) in [6.45, 7) is 1.08. The van der Waals surface area contributed by atoms with Crippen LogP contribution < -0.4 is 9.64 Å². The lowest BCUT2D eigenvalue weighted by Crippen LogP contribution is -2.27. The number of nitriles is 1. The fourth-order valence-electron chi connectivity index (χ4n) is 2.87. The maximum absolute atomic E-state index is 9.22. The summed E-state index contributed by atoms with van der Waals surface area (Å²) in [6, 6.07) is 24.3. The van der Waals surface area contributed by atoms with Crippen LogP contribution in [0.4, 0.5) is 28.4 Å². The van der Waals surface area contributed by atoms with Crippen LogP contribution in [0.25, 0.3) is 0 Å². The van der Waals surface area contributed by atoms with Crippen LogP contribution in [-0.2, 0) is 0 Å². The minimum absolute atomic E-state index is 0.0303. The highest BCUT2D eigenvalue weighted by Gasteiger charge is 2.05. The molecule has 0 fully saturated rings. The molecule has 3 aromatic carbocycles. The van der Waals surface area contributed by atoms with Crippen molar-refractivity contribution in [1.82, 2.24) is 0 Å². The highest BCUT2D eigenvalue weighted by atomic mass is 16.5. The number of aliphatic hydroxyl groups is 1. The smallest absolute Gasteiger partial charge is 0.119 e. The monoisotopic (exact) mass is 428 g/mol. The molecule has 0 saturated carbocycles. The van der Waals surface area contributed by atoms with Crippen LogP contribution in [0.3, 0.4) is 0 Å². The summed E-state index contributed by atoms with van der Waals surface area (Å²) < 4.78 is 5.13. The van der Waals surface area contributed by atoms with Gasteiger partial charge >= 0.3 is 0 Å². The zero-order valence-corrected chi connectivity index (χ0v) is 17.8. The van der Waals surface area contributed by atoms with Crippen molar-refractivity contribution in [3.05, 3.63) is 72.8 Å². The third kappa shape index (κ3) is 6.72. The van der Waals surface area contributed by atoms with E-state index in [0.29, 0.717) is 36.6 Å². The lowest BCUT2D eigenvalue weighted by atomic mass is 10.2. The summed E-state index contributed by atoms with van der Waals surface area (Å²) in [5.41, 5.74) is 3.79. The van der Waals surface area contributed by atoms with Crippen LogP contribution in [0.15, 0.2) is 93.3 Å². The van der Waals surface area contributed by atoms with Crippen molar-refractivity contribution in [1.29, 1.82) is 5.26 Å². The average Bonchev–Trinajstić information content (AvgIpc) is 2.85. The Balaban J connectivity index is 1.60. The highest BCUT2D eigenvalue weighted by Crippen LogP contribution is 2.25. The number of aliphatic hydroxyl groups excluding tert-OH is 1. The average molecular weight is 428 g/mol. The number of anilines is 1. The first kappa shape index (κ1) is 22.6. The molecule has 32 heavy (non-hydrogen) atoms. The molecule has 0 amide bonds. The van der Waals surface area contributed by atoms with Gasteiger partial charge < -0.3 is 14.7 Å². The Morgan fingerprint density at radius 3 is 1.59 bits per heavy atom. The van der Waals surface area contributed by atoms with E-state index in [2.05, 4.69) is 26.5 Å². The number of hydrogen-bond acceptors (Lipinski definition) is 8. The molecule has 0 aromatic heterocycles. The van der Waals surface area contributed by atoms with Crippen molar-refractivity contribution in [2.45, 2.75) is 6.42 Å². The van der Waals surface area contributed by atoms with Gasteiger partial charge in [-0.05, 0) is 72.8 Å². The summed E-state index contributed by atoms with van der Waals surface area (Å²) >= 11 is 0. The number of rotatable bonds is 10. The van der Waals surface area contributed by atoms with Gasteiger partial charge in [0.2, 0.25) is 0 Å². The van der Waals surface area contributed by atoms with Gasteiger partial charge in [0.05, 0.1) is 49.0 Å². The molecular weight excluding hydrogens is 404 g/mol. The maximum Gasteiger partial charge on any atom is 0.119 e. The SMILES string of the molecule is COc1ccc(N=Nc2ccc(N=Nc3ccc(N(CCO)CCC#N)cc3)cc2)cc1. The van der Waals surface area contributed by atoms with Gasteiger partial charge in [0.25, 0.3) is 0 Å². The third-order valence-electron chi connectivity index (χ3n) is 4.56. The predicted molar refractivity (Wildman–Crippen MR) is 124 cm³/mol. The zero-order valence-electron chi connectivity index (χ0n) is 17.8. The topological polar surface area (TPSA) is 106 Å². The molecule has 0 spiro atoms. The second kappa shape index (κ2) is 11.9. The van der Waals surface area contributed by atoms with Crippen molar-refractivity contribution in [2.75, 3.05) is 31.7 Å². The van der Waals surface area contributed by atoms with Crippen LogP contribution in [-0.4, -0.2) is 31.9 Å². The zero-order chi connectivity index (χ0) is 22.6. The van der Waals surface area contributed by atoms with Gasteiger partial charge in [-0.3, -0.25) is 0 Å². The lowest BCUT2D eigenvalue weighted by molar-refractivity contribution is 0.302. The summed E-state index contributed by atoms with van der Waals surface area (Å²) in [7, 11) is 1.62. The first-order chi connectivity index (χ1) is 15.7. The van der Waals surface area contributed by atoms with E-state index < -0.39 is 0 Å². The normalized spacial score (nSPS) is 11.0. The standard InChI is InChI=1S/C24H24N6O2/c1-32-24-13-9-22(10-14-24)29-27-20-5-3-19(4-6-20)26-28-21-7-11-23(12-8-21)30(17-18-31)16-2-15-25/h3-14,31H,2,16-18H2,1H3. The summed E-state index contributed by atoms with van der Waals surface area (Å²) in [5, 5.41) is 35.0. The van der Waals surface area contributed by atoms with E-state index >= 15 is 0 Å². The molecule has 8 heteroatoms. The molecule has 162 valence electrons. The first-order valence-corrected chi connectivity index (χ1v) is 10.1. The minimum Gasteiger partial charge on any atom is -0.497 e. The Labute approximate surface area is 187 Å². The molecular formula is C24H24N6O2. The molecule has 0 aliphatic rings. The third-order valence-corrected chi connectivity index (χ3v) is 4.56. The molecule has 1 N–H and O–H groups in total. The summed E-state index contributed by atoms with van der Waals surface area (Å²) in [4.78, 5) is 1.96. The molecule has 0 heterocycles. The Morgan fingerprint density at radius 1 is 0.750 bits per heavy atom. The van der Waals surface area contributed by atoms with Crippen molar-refractivity contribution in [3.8, 4) is 11.8 Å². The molecule has 0 bridgehead atoms. The molecule has 3 aromatic rings. The summed E-state index contributed by atoms with van der Waals surface area (Å²) in [5.74, 6) is 0.773. The number of azo groups is 2. The largest absolute Gasteiger partial charge is 0.497 e. The first-order valence-electron chi connectivity index (χ1n) is 10.1. The van der Waals surface area contributed by atoms with Crippen LogP contribution in [0.1, 0.15) is 6.42 Å². The number of benzene rings is 3. The number of hydrogen-bond donors (Lipinski definition) is 1. The molecule has 0 aliphatic carbocycles. The Morgan fingerprint density at radius 2 is 1.19 bits per heavy atom.